The molecule has 2 nitrogen and oxygen atoms in total. The molecule has 47 heavy (non-hydrogen) atoms. The van der Waals surface area contributed by atoms with E-state index in [9.17, 15) is 5.26 Å². The molecule has 0 fully saturated rings. The molecular formula is C45H28N2. The SMILES string of the molecule is N#Cc1c(-c2cccc(-n3c4ccccc4c4ccccc43)c2)cccc1-c1c2ccccc2c(-c2ccccc2)c2ccccc12. The van der Waals surface area contributed by atoms with Gasteiger partial charge in [0.15, 0.2) is 0 Å². The molecular weight excluding hydrogens is 569 g/mol. The number of fused-ring (bicyclic) bond motifs is 5. The first kappa shape index (κ1) is 26.9. The number of hydrogen-bond acceptors (Lipinski definition) is 1. The predicted molar refractivity (Wildman–Crippen MR) is 197 cm³/mol. The molecule has 218 valence electrons. The number of aromatic nitrogens is 1. The molecule has 0 bridgehead atoms. The van der Waals surface area contributed by atoms with Crippen molar-refractivity contribution < 1.29 is 0 Å². The summed E-state index contributed by atoms with van der Waals surface area (Å²) in [6.45, 7) is 0. The molecule has 0 radical (unpaired) electrons. The van der Waals surface area contributed by atoms with Crippen molar-refractivity contribution >= 4 is 43.4 Å². The minimum Gasteiger partial charge on any atom is -0.309 e. The Hall–Kier alpha value is -6.43. The Morgan fingerprint density at radius 2 is 0.851 bits per heavy atom. The van der Waals surface area contributed by atoms with Gasteiger partial charge in [-0.1, -0.05) is 146 Å². The third-order valence-electron chi connectivity index (χ3n) is 9.43. The number of nitriles is 1. The van der Waals surface area contributed by atoms with Crippen molar-refractivity contribution in [1.29, 1.82) is 5.26 Å². The molecule has 0 amide bonds. The van der Waals surface area contributed by atoms with Gasteiger partial charge in [0.2, 0.25) is 0 Å². The van der Waals surface area contributed by atoms with Crippen molar-refractivity contribution in [2.75, 3.05) is 0 Å². The van der Waals surface area contributed by atoms with Crippen LogP contribution in [0.1, 0.15) is 5.56 Å². The van der Waals surface area contributed by atoms with E-state index in [1.165, 1.54) is 32.7 Å². The van der Waals surface area contributed by atoms with Crippen LogP contribution in [0.4, 0.5) is 0 Å². The zero-order chi connectivity index (χ0) is 31.3. The van der Waals surface area contributed by atoms with Crippen LogP contribution in [0, 0.1) is 11.3 Å². The first-order chi connectivity index (χ1) is 23.3. The van der Waals surface area contributed by atoms with E-state index in [0.717, 1.165) is 49.7 Å². The normalized spacial score (nSPS) is 11.4. The lowest BCUT2D eigenvalue weighted by atomic mass is 9.83. The van der Waals surface area contributed by atoms with Gasteiger partial charge in [-0.05, 0) is 68.1 Å². The van der Waals surface area contributed by atoms with Crippen molar-refractivity contribution in [2.45, 2.75) is 0 Å². The summed E-state index contributed by atoms with van der Waals surface area (Å²) in [6, 6.07) is 62.4. The summed E-state index contributed by atoms with van der Waals surface area (Å²) in [5.74, 6) is 0. The topological polar surface area (TPSA) is 28.7 Å². The second kappa shape index (κ2) is 10.9. The Morgan fingerprint density at radius 3 is 1.45 bits per heavy atom. The van der Waals surface area contributed by atoms with Crippen LogP contribution in [0.15, 0.2) is 170 Å². The fourth-order valence-electron chi connectivity index (χ4n) is 7.47. The summed E-state index contributed by atoms with van der Waals surface area (Å²) < 4.78 is 2.33. The van der Waals surface area contributed by atoms with Gasteiger partial charge in [-0.15, -0.1) is 0 Å². The molecule has 0 unspecified atom stereocenters. The first-order valence-corrected chi connectivity index (χ1v) is 15.9. The highest BCUT2D eigenvalue weighted by molar-refractivity contribution is 6.22. The Kier molecular flexibility index (Phi) is 6.23. The molecule has 0 saturated heterocycles. The van der Waals surface area contributed by atoms with Crippen molar-refractivity contribution in [3.63, 3.8) is 0 Å². The summed E-state index contributed by atoms with van der Waals surface area (Å²) in [4.78, 5) is 0. The Labute approximate surface area is 273 Å². The van der Waals surface area contributed by atoms with E-state index in [1.807, 2.05) is 0 Å². The average Bonchev–Trinajstić information content (AvgIpc) is 3.48. The minimum absolute atomic E-state index is 0.676. The maximum Gasteiger partial charge on any atom is 0.100 e. The maximum atomic E-state index is 10.9. The van der Waals surface area contributed by atoms with Crippen LogP contribution in [-0.2, 0) is 0 Å². The third-order valence-corrected chi connectivity index (χ3v) is 9.43. The molecule has 2 heteroatoms. The summed E-state index contributed by atoms with van der Waals surface area (Å²) in [5.41, 5.74) is 10.4. The molecule has 0 aliphatic heterocycles. The van der Waals surface area contributed by atoms with E-state index in [2.05, 4.69) is 180 Å². The van der Waals surface area contributed by atoms with Crippen LogP contribution >= 0.6 is 0 Å². The molecule has 0 aliphatic rings. The summed E-state index contributed by atoms with van der Waals surface area (Å²) in [6.07, 6.45) is 0. The standard InChI is InChI=1S/C45H28N2/c46-29-41-33(31-16-12-17-32(28-31)47-42-26-10-8-18-34(42)35-19-9-11-27-43(35)47)24-13-25-40(41)45-38-22-6-4-20-36(38)44(30-14-2-1-3-15-30)37-21-5-7-23-39(37)45/h1-28H. The number of benzene rings is 8. The smallest absolute Gasteiger partial charge is 0.100 e. The van der Waals surface area contributed by atoms with Crippen LogP contribution < -0.4 is 0 Å². The predicted octanol–water partition coefficient (Wildman–Crippen LogP) is 12.0. The van der Waals surface area contributed by atoms with Crippen LogP contribution in [0.25, 0.3) is 82.4 Å². The van der Waals surface area contributed by atoms with Crippen LogP contribution in [-0.4, -0.2) is 4.57 Å². The maximum absolute atomic E-state index is 10.9. The van der Waals surface area contributed by atoms with Gasteiger partial charge in [0.25, 0.3) is 0 Å². The lowest BCUT2D eigenvalue weighted by molar-refractivity contribution is 1.18. The molecule has 0 spiro atoms. The van der Waals surface area contributed by atoms with Gasteiger partial charge in [0.05, 0.1) is 16.6 Å². The Balaban J connectivity index is 1.30. The van der Waals surface area contributed by atoms with Gasteiger partial charge in [-0.25, -0.2) is 0 Å². The minimum atomic E-state index is 0.676. The zero-order valence-electron chi connectivity index (χ0n) is 25.6. The molecule has 8 aromatic carbocycles. The monoisotopic (exact) mass is 596 g/mol. The molecule has 9 rings (SSSR count). The number of para-hydroxylation sites is 2. The molecule has 0 saturated carbocycles. The molecule has 9 aromatic rings. The Morgan fingerprint density at radius 1 is 0.383 bits per heavy atom. The van der Waals surface area contributed by atoms with Crippen molar-refractivity contribution in [3.05, 3.63) is 175 Å². The van der Waals surface area contributed by atoms with E-state index in [-0.39, 0.29) is 0 Å². The Bertz CT molecular complexity index is 2580. The fraction of sp³-hybridized carbons (Fsp3) is 0. The highest BCUT2D eigenvalue weighted by Gasteiger charge is 2.20. The molecule has 0 atom stereocenters. The van der Waals surface area contributed by atoms with E-state index >= 15 is 0 Å². The second-order valence-electron chi connectivity index (χ2n) is 12.0. The van der Waals surface area contributed by atoms with Gasteiger partial charge in [-0.2, -0.15) is 5.26 Å². The van der Waals surface area contributed by atoms with Crippen molar-refractivity contribution in [1.82, 2.24) is 4.57 Å². The number of hydrogen-bond donors (Lipinski definition) is 0. The molecule has 0 aliphatic carbocycles. The van der Waals surface area contributed by atoms with E-state index < -0.39 is 0 Å². The van der Waals surface area contributed by atoms with Crippen molar-refractivity contribution in [3.8, 4) is 45.1 Å². The molecule has 1 aromatic heterocycles. The summed E-state index contributed by atoms with van der Waals surface area (Å²) >= 11 is 0. The van der Waals surface area contributed by atoms with Gasteiger partial charge in [0.1, 0.15) is 6.07 Å². The second-order valence-corrected chi connectivity index (χ2v) is 12.0. The molecule has 0 N–H and O–H groups in total. The first-order valence-electron chi connectivity index (χ1n) is 15.9. The lowest BCUT2D eigenvalue weighted by Crippen LogP contribution is -1.96. The average molecular weight is 597 g/mol. The molecule has 1 heterocycles. The van der Waals surface area contributed by atoms with Crippen LogP contribution in [0.5, 0.6) is 0 Å². The van der Waals surface area contributed by atoms with Gasteiger partial charge < -0.3 is 4.57 Å². The highest BCUT2D eigenvalue weighted by atomic mass is 15.0. The summed E-state index contributed by atoms with van der Waals surface area (Å²) in [5, 5.41) is 18.0. The lowest BCUT2D eigenvalue weighted by Gasteiger charge is -2.19. The third kappa shape index (κ3) is 4.18. The van der Waals surface area contributed by atoms with Crippen LogP contribution in [0.3, 0.4) is 0 Å². The van der Waals surface area contributed by atoms with E-state index in [4.69, 9.17) is 0 Å². The number of nitrogens with zero attached hydrogens (tertiary/aromatic N) is 2. The largest absolute Gasteiger partial charge is 0.309 e. The van der Waals surface area contributed by atoms with Crippen molar-refractivity contribution in [2.24, 2.45) is 0 Å². The van der Waals surface area contributed by atoms with Gasteiger partial charge in [0, 0.05) is 27.6 Å². The van der Waals surface area contributed by atoms with Gasteiger partial charge in [-0.3, -0.25) is 0 Å². The van der Waals surface area contributed by atoms with E-state index in [0.29, 0.717) is 5.56 Å². The van der Waals surface area contributed by atoms with E-state index in [1.54, 1.807) is 0 Å². The number of rotatable bonds is 4. The summed E-state index contributed by atoms with van der Waals surface area (Å²) in [7, 11) is 0. The van der Waals surface area contributed by atoms with Gasteiger partial charge >= 0.3 is 0 Å². The quantitative estimate of drug-likeness (QED) is 0.186. The zero-order valence-corrected chi connectivity index (χ0v) is 25.6. The van der Waals surface area contributed by atoms with Crippen LogP contribution in [0.2, 0.25) is 0 Å². The fourth-order valence-corrected chi connectivity index (χ4v) is 7.47. The highest BCUT2D eigenvalue weighted by Crippen LogP contribution is 2.45.